The molecule has 3 aromatic heterocycles. The van der Waals surface area contributed by atoms with Crippen LogP contribution in [-0.4, -0.2) is 21.1 Å². The lowest BCUT2D eigenvalue weighted by Crippen LogP contribution is -2.11. The molecule has 108 valence electrons. The second-order valence-corrected chi connectivity index (χ2v) is 5.11. The predicted molar refractivity (Wildman–Crippen MR) is 85.1 cm³/mol. The van der Waals surface area contributed by atoms with Gasteiger partial charge in [0.05, 0.1) is 0 Å². The molecule has 21 heavy (non-hydrogen) atoms. The molecule has 0 bridgehead atoms. The van der Waals surface area contributed by atoms with E-state index in [-0.39, 0.29) is 0 Å². The zero-order valence-corrected chi connectivity index (χ0v) is 12.3. The molecule has 3 heterocycles. The molecule has 1 N–H and O–H groups in total. The lowest BCUT2D eigenvalue weighted by Gasteiger charge is -2.04. The minimum Gasteiger partial charge on any atom is -0.332 e. The second-order valence-electron chi connectivity index (χ2n) is 5.11. The first-order valence-corrected chi connectivity index (χ1v) is 7.41. The lowest BCUT2D eigenvalue weighted by atomic mass is 10.2. The maximum absolute atomic E-state index is 4.55. The molecule has 3 rings (SSSR count). The molecule has 4 heteroatoms. The Morgan fingerprint density at radius 2 is 2.00 bits per heavy atom. The second kappa shape index (κ2) is 6.50. The monoisotopic (exact) mass is 280 g/mol. The van der Waals surface area contributed by atoms with Crippen LogP contribution < -0.4 is 5.32 Å². The molecule has 0 aliphatic rings. The highest BCUT2D eigenvalue weighted by Gasteiger charge is 2.08. The number of rotatable bonds is 6. The molecule has 0 aliphatic heterocycles. The standard InChI is InChI=1S/C17H20N4/c1-2-18-12-15-13-21(17-16(15)4-3-8-20-17)11-7-14-5-9-19-10-6-14/h3-6,8-10,13,18H,2,7,11-12H2,1H3. The van der Waals surface area contributed by atoms with E-state index in [1.165, 1.54) is 16.5 Å². The summed E-state index contributed by atoms with van der Waals surface area (Å²) in [4.78, 5) is 8.61. The topological polar surface area (TPSA) is 42.7 Å². The molecule has 3 aromatic rings. The van der Waals surface area contributed by atoms with Gasteiger partial charge in [0.2, 0.25) is 0 Å². The lowest BCUT2D eigenvalue weighted by molar-refractivity contribution is 0.698. The summed E-state index contributed by atoms with van der Waals surface area (Å²) in [5.41, 5.74) is 3.69. The average molecular weight is 280 g/mol. The first-order valence-electron chi connectivity index (χ1n) is 7.41. The number of nitrogens with zero attached hydrogens (tertiary/aromatic N) is 3. The number of aromatic nitrogens is 3. The van der Waals surface area contributed by atoms with E-state index in [1.54, 1.807) is 0 Å². The first-order chi connectivity index (χ1) is 10.4. The Morgan fingerprint density at radius 3 is 2.81 bits per heavy atom. The van der Waals surface area contributed by atoms with E-state index in [2.05, 4.69) is 51.2 Å². The number of nitrogens with one attached hydrogen (secondary N) is 1. The van der Waals surface area contributed by atoms with E-state index in [4.69, 9.17) is 0 Å². The number of fused-ring (bicyclic) bond motifs is 1. The molecule has 0 saturated carbocycles. The fraction of sp³-hybridized carbons (Fsp3) is 0.294. The van der Waals surface area contributed by atoms with Crippen LogP contribution >= 0.6 is 0 Å². The highest BCUT2D eigenvalue weighted by molar-refractivity contribution is 5.80. The minimum atomic E-state index is 0.890. The van der Waals surface area contributed by atoms with Crippen molar-refractivity contribution < 1.29 is 0 Å². The SMILES string of the molecule is CCNCc1cn(CCc2ccncc2)c2ncccc12. The zero-order valence-electron chi connectivity index (χ0n) is 12.3. The van der Waals surface area contributed by atoms with Crippen LogP contribution in [0.5, 0.6) is 0 Å². The van der Waals surface area contributed by atoms with Crippen LogP contribution in [0.15, 0.2) is 49.1 Å². The van der Waals surface area contributed by atoms with Crippen LogP contribution in [0.1, 0.15) is 18.1 Å². The molecule has 0 aliphatic carbocycles. The van der Waals surface area contributed by atoms with Crippen molar-refractivity contribution in [2.45, 2.75) is 26.4 Å². The molecular formula is C17H20N4. The third-order valence-electron chi connectivity index (χ3n) is 3.67. The summed E-state index contributed by atoms with van der Waals surface area (Å²) in [6, 6.07) is 8.29. The Morgan fingerprint density at radius 1 is 1.14 bits per heavy atom. The van der Waals surface area contributed by atoms with Gasteiger partial charge in [0.25, 0.3) is 0 Å². The predicted octanol–water partition coefficient (Wildman–Crippen LogP) is 2.78. The molecule has 0 aromatic carbocycles. The fourth-order valence-corrected chi connectivity index (χ4v) is 2.57. The van der Waals surface area contributed by atoms with E-state index in [0.29, 0.717) is 0 Å². The largest absolute Gasteiger partial charge is 0.332 e. The van der Waals surface area contributed by atoms with Crippen LogP contribution in [0, 0.1) is 0 Å². The molecule has 0 radical (unpaired) electrons. The van der Waals surface area contributed by atoms with E-state index < -0.39 is 0 Å². The third kappa shape index (κ3) is 3.11. The third-order valence-corrected chi connectivity index (χ3v) is 3.67. The van der Waals surface area contributed by atoms with Crippen molar-refractivity contribution in [3.05, 3.63) is 60.2 Å². The first kappa shape index (κ1) is 13.8. The summed E-state index contributed by atoms with van der Waals surface area (Å²) in [7, 11) is 0. The summed E-state index contributed by atoms with van der Waals surface area (Å²) < 4.78 is 2.25. The Bertz CT molecular complexity index is 703. The number of aryl methyl sites for hydroxylation is 2. The highest BCUT2D eigenvalue weighted by Crippen LogP contribution is 2.19. The van der Waals surface area contributed by atoms with Crippen molar-refractivity contribution >= 4 is 11.0 Å². The quantitative estimate of drug-likeness (QED) is 0.755. The Hall–Kier alpha value is -2.20. The summed E-state index contributed by atoms with van der Waals surface area (Å²) >= 11 is 0. The van der Waals surface area contributed by atoms with E-state index in [9.17, 15) is 0 Å². The Balaban J connectivity index is 1.84. The number of hydrogen-bond donors (Lipinski definition) is 1. The minimum absolute atomic E-state index is 0.890. The van der Waals surface area contributed by atoms with Crippen molar-refractivity contribution in [1.82, 2.24) is 19.9 Å². The van der Waals surface area contributed by atoms with Gasteiger partial charge in [-0.15, -0.1) is 0 Å². The van der Waals surface area contributed by atoms with Crippen LogP contribution in [-0.2, 0) is 19.5 Å². The van der Waals surface area contributed by atoms with Gasteiger partial charge in [-0.25, -0.2) is 4.98 Å². The van der Waals surface area contributed by atoms with Crippen molar-refractivity contribution in [1.29, 1.82) is 0 Å². The van der Waals surface area contributed by atoms with Crippen molar-refractivity contribution in [2.24, 2.45) is 0 Å². The molecule has 4 nitrogen and oxygen atoms in total. The van der Waals surface area contributed by atoms with Crippen LogP contribution in [0.3, 0.4) is 0 Å². The van der Waals surface area contributed by atoms with Gasteiger partial charge < -0.3 is 9.88 Å². The van der Waals surface area contributed by atoms with E-state index >= 15 is 0 Å². The summed E-state index contributed by atoms with van der Waals surface area (Å²) in [6.45, 7) is 4.93. The number of hydrogen-bond acceptors (Lipinski definition) is 3. The fourth-order valence-electron chi connectivity index (χ4n) is 2.57. The van der Waals surface area contributed by atoms with Crippen molar-refractivity contribution in [3.63, 3.8) is 0 Å². The average Bonchev–Trinajstić information content (AvgIpc) is 2.90. The van der Waals surface area contributed by atoms with Crippen LogP contribution in [0.25, 0.3) is 11.0 Å². The van der Waals surface area contributed by atoms with E-state index in [1.807, 2.05) is 24.7 Å². The van der Waals surface area contributed by atoms with Gasteiger partial charge in [-0.2, -0.15) is 0 Å². The maximum Gasteiger partial charge on any atom is 0.140 e. The van der Waals surface area contributed by atoms with Gasteiger partial charge in [0.15, 0.2) is 0 Å². The van der Waals surface area contributed by atoms with E-state index in [0.717, 1.165) is 31.7 Å². The molecule has 0 atom stereocenters. The summed E-state index contributed by atoms with van der Waals surface area (Å²) in [6.07, 6.45) is 8.77. The van der Waals surface area contributed by atoms with Gasteiger partial charge in [-0.05, 0) is 48.4 Å². The maximum atomic E-state index is 4.55. The molecule has 0 fully saturated rings. The van der Waals surface area contributed by atoms with Gasteiger partial charge in [0, 0.05) is 43.3 Å². The molecular weight excluding hydrogens is 260 g/mol. The van der Waals surface area contributed by atoms with Crippen LogP contribution in [0.2, 0.25) is 0 Å². The zero-order chi connectivity index (χ0) is 14.5. The van der Waals surface area contributed by atoms with Gasteiger partial charge >= 0.3 is 0 Å². The Labute approximate surface area is 124 Å². The van der Waals surface area contributed by atoms with Crippen molar-refractivity contribution in [2.75, 3.05) is 6.54 Å². The van der Waals surface area contributed by atoms with Gasteiger partial charge in [-0.1, -0.05) is 6.92 Å². The normalized spacial score (nSPS) is 11.1. The summed E-state index contributed by atoms with van der Waals surface area (Å²) in [5.74, 6) is 0. The molecule has 0 amide bonds. The Kier molecular flexibility index (Phi) is 4.26. The van der Waals surface area contributed by atoms with Crippen LogP contribution in [0.4, 0.5) is 0 Å². The smallest absolute Gasteiger partial charge is 0.140 e. The highest BCUT2D eigenvalue weighted by atomic mass is 15.0. The van der Waals surface area contributed by atoms with Gasteiger partial charge in [-0.3, -0.25) is 4.98 Å². The molecule has 0 unspecified atom stereocenters. The summed E-state index contributed by atoms with van der Waals surface area (Å²) in [5, 5.41) is 4.64. The number of pyridine rings is 2. The molecule has 0 saturated heterocycles. The molecule has 0 spiro atoms. The van der Waals surface area contributed by atoms with Gasteiger partial charge in [0.1, 0.15) is 5.65 Å². The van der Waals surface area contributed by atoms with Crippen molar-refractivity contribution in [3.8, 4) is 0 Å².